The minimum atomic E-state index is -1.22. The third-order valence-corrected chi connectivity index (χ3v) is 4.62. The minimum Gasteiger partial charge on any atom is -0.496 e. The van der Waals surface area contributed by atoms with Crippen LogP contribution < -0.4 is 9.47 Å². The number of halogens is 1. The van der Waals surface area contributed by atoms with Crippen LogP contribution in [0, 0.1) is 5.82 Å². The Hall–Kier alpha value is -2.56. The van der Waals surface area contributed by atoms with Crippen LogP contribution in [0.4, 0.5) is 4.39 Å². The summed E-state index contributed by atoms with van der Waals surface area (Å²) in [7, 11) is 1.41. The summed E-state index contributed by atoms with van der Waals surface area (Å²) < 4.78 is 25.8. The fourth-order valence-corrected chi connectivity index (χ4v) is 3.10. The topological polar surface area (TPSA) is 55.8 Å². The van der Waals surface area contributed by atoms with E-state index in [2.05, 4.69) is 0 Å². The van der Waals surface area contributed by atoms with E-state index < -0.39 is 17.2 Å². The quantitative estimate of drug-likeness (QED) is 0.872. The van der Waals surface area contributed by atoms with E-state index in [-0.39, 0.29) is 23.7 Å². The lowest BCUT2D eigenvalue weighted by Crippen LogP contribution is -2.43. The van der Waals surface area contributed by atoms with Gasteiger partial charge in [0.2, 0.25) is 0 Å². The molecule has 1 aliphatic rings. The number of benzene rings is 2. The van der Waals surface area contributed by atoms with Crippen molar-refractivity contribution >= 4 is 5.97 Å². The highest BCUT2D eigenvalue weighted by Gasteiger charge is 2.50. The van der Waals surface area contributed by atoms with Crippen molar-refractivity contribution in [3.8, 4) is 11.5 Å². The first-order valence-corrected chi connectivity index (χ1v) is 7.85. The number of hydrogen-bond acceptors (Lipinski definition) is 3. The van der Waals surface area contributed by atoms with Crippen molar-refractivity contribution in [1.82, 2.24) is 0 Å². The van der Waals surface area contributed by atoms with Gasteiger partial charge in [0, 0.05) is 0 Å². The fourth-order valence-electron chi connectivity index (χ4n) is 3.10. The average molecular weight is 330 g/mol. The lowest BCUT2D eigenvalue weighted by molar-refractivity contribution is -0.147. The molecular formula is C19H19FO4. The van der Waals surface area contributed by atoms with Gasteiger partial charge in [0.25, 0.3) is 0 Å². The number of rotatable bonds is 6. The maximum Gasteiger partial charge on any atom is 0.314 e. The van der Waals surface area contributed by atoms with Crippen LogP contribution in [0.3, 0.4) is 0 Å². The van der Waals surface area contributed by atoms with Crippen molar-refractivity contribution in [2.45, 2.75) is 31.3 Å². The first-order chi connectivity index (χ1) is 11.6. The molecule has 0 bridgehead atoms. The summed E-state index contributed by atoms with van der Waals surface area (Å²) in [6.07, 6.45) is 1.56. The van der Waals surface area contributed by atoms with Crippen molar-refractivity contribution in [2.24, 2.45) is 0 Å². The molecule has 5 heteroatoms. The molecule has 24 heavy (non-hydrogen) atoms. The number of carboxylic acids is 1. The maximum atomic E-state index is 15.0. The Kier molecular flexibility index (Phi) is 4.42. The highest BCUT2D eigenvalue weighted by Crippen LogP contribution is 2.50. The van der Waals surface area contributed by atoms with Crippen LogP contribution in [0.5, 0.6) is 11.5 Å². The summed E-state index contributed by atoms with van der Waals surface area (Å²) in [6, 6.07) is 12.5. The predicted molar refractivity (Wildman–Crippen MR) is 86.9 cm³/mol. The normalized spacial score (nSPS) is 15.4. The summed E-state index contributed by atoms with van der Waals surface area (Å²) in [4.78, 5) is 11.8. The molecular weight excluding hydrogens is 311 g/mol. The molecule has 0 unspecified atom stereocenters. The highest BCUT2D eigenvalue weighted by atomic mass is 19.1. The molecule has 0 atom stereocenters. The first kappa shape index (κ1) is 16.3. The summed E-state index contributed by atoms with van der Waals surface area (Å²) in [5.74, 6) is -1.37. The average Bonchev–Trinajstić information content (AvgIpc) is 2.54. The fraction of sp³-hybridized carbons (Fsp3) is 0.316. The van der Waals surface area contributed by atoms with Crippen LogP contribution in [0.1, 0.15) is 30.4 Å². The van der Waals surface area contributed by atoms with Gasteiger partial charge in [0.15, 0.2) is 11.6 Å². The van der Waals surface area contributed by atoms with Crippen LogP contribution in [-0.2, 0) is 16.8 Å². The second-order valence-corrected chi connectivity index (χ2v) is 5.97. The third-order valence-electron chi connectivity index (χ3n) is 4.62. The Labute approximate surface area is 139 Å². The molecule has 0 radical (unpaired) electrons. The Balaban J connectivity index is 1.95. The summed E-state index contributed by atoms with van der Waals surface area (Å²) in [5.41, 5.74) is -0.221. The van der Waals surface area contributed by atoms with Crippen molar-refractivity contribution in [3.05, 3.63) is 59.4 Å². The molecule has 2 aromatic rings. The molecule has 0 amide bonds. The monoisotopic (exact) mass is 330 g/mol. The van der Waals surface area contributed by atoms with Gasteiger partial charge in [0.05, 0.1) is 18.1 Å². The van der Waals surface area contributed by atoms with E-state index in [4.69, 9.17) is 9.47 Å². The summed E-state index contributed by atoms with van der Waals surface area (Å²) >= 11 is 0. The van der Waals surface area contributed by atoms with Crippen LogP contribution in [-0.4, -0.2) is 18.2 Å². The van der Waals surface area contributed by atoms with Crippen molar-refractivity contribution in [3.63, 3.8) is 0 Å². The number of hydrogen-bond donors (Lipinski definition) is 1. The highest BCUT2D eigenvalue weighted by molar-refractivity contribution is 5.84. The molecule has 0 aliphatic heterocycles. The van der Waals surface area contributed by atoms with E-state index in [1.54, 1.807) is 6.07 Å². The van der Waals surface area contributed by atoms with Gasteiger partial charge in [0.1, 0.15) is 12.4 Å². The molecule has 1 fully saturated rings. The molecule has 0 saturated heterocycles. The zero-order valence-corrected chi connectivity index (χ0v) is 13.4. The molecule has 4 nitrogen and oxygen atoms in total. The molecule has 0 spiro atoms. The first-order valence-electron chi connectivity index (χ1n) is 7.85. The molecule has 1 saturated carbocycles. The Morgan fingerprint density at radius 2 is 1.83 bits per heavy atom. The largest absolute Gasteiger partial charge is 0.496 e. The van der Waals surface area contributed by atoms with Crippen molar-refractivity contribution < 1.29 is 23.8 Å². The molecule has 1 aliphatic carbocycles. The van der Waals surface area contributed by atoms with Crippen molar-refractivity contribution in [1.29, 1.82) is 0 Å². The summed E-state index contributed by atoms with van der Waals surface area (Å²) in [5, 5.41) is 9.62. The molecule has 126 valence electrons. The number of carboxylic acid groups (broad SMARTS) is 1. The third kappa shape index (κ3) is 2.70. The van der Waals surface area contributed by atoms with E-state index in [1.807, 2.05) is 30.3 Å². The second kappa shape index (κ2) is 6.51. The van der Waals surface area contributed by atoms with Gasteiger partial charge >= 0.3 is 5.97 Å². The van der Waals surface area contributed by atoms with Gasteiger partial charge in [-0.2, -0.15) is 0 Å². The second-order valence-electron chi connectivity index (χ2n) is 5.97. The Morgan fingerprint density at radius 1 is 1.17 bits per heavy atom. The SMILES string of the molecule is COc1ccc(OCc2ccccc2)c(F)c1C1(C(=O)O)CCC1. The van der Waals surface area contributed by atoms with Crippen LogP contribution in [0.25, 0.3) is 0 Å². The standard InChI is InChI=1S/C19H19FO4/c1-23-14-8-9-15(24-12-13-6-3-2-4-7-13)17(20)16(14)19(18(21)22)10-5-11-19/h2-4,6-9H,5,10-12H2,1H3,(H,21,22). The number of ether oxygens (including phenoxy) is 2. The van der Waals surface area contributed by atoms with Crippen LogP contribution in [0.2, 0.25) is 0 Å². The Morgan fingerprint density at radius 3 is 2.38 bits per heavy atom. The van der Waals surface area contributed by atoms with Gasteiger partial charge in [-0.15, -0.1) is 0 Å². The van der Waals surface area contributed by atoms with Gasteiger partial charge in [-0.3, -0.25) is 4.79 Å². The zero-order valence-electron chi connectivity index (χ0n) is 13.4. The van der Waals surface area contributed by atoms with E-state index >= 15 is 4.39 Å². The Bertz CT molecular complexity index is 739. The molecule has 0 heterocycles. The molecule has 3 rings (SSSR count). The van der Waals surface area contributed by atoms with Gasteiger partial charge in [-0.1, -0.05) is 36.8 Å². The predicted octanol–water partition coefficient (Wildman–Crippen LogP) is 3.92. The molecule has 2 aromatic carbocycles. The number of aliphatic carboxylic acids is 1. The lowest BCUT2D eigenvalue weighted by Gasteiger charge is -2.39. The van der Waals surface area contributed by atoms with Crippen LogP contribution in [0.15, 0.2) is 42.5 Å². The van der Waals surface area contributed by atoms with E-state index in [0.717, 1.165) is 12.0 Å². The van der Waals surface area contributed by atoms with Gasteiger partial charge < -0.3 is 14.6 Å². The van der Waals surface area contributed by atoms with Gasteiger partial charge in [-0.05, 0) is 30.5 Å². The smallest absolute Gasteiger partial charge is 0.314 e. The summed E-state index contributed by atoms with van der Waals surface area (Å²) in [6.45, 7) is 0.212. The molecule has 0 aromatic heterocycles. The van der Waals surface area contributed by atoms with E-state index in [1.165, 1.54) is 13.2 Å². The minimum absolute atomic E-state index is 0.0437. The maximum absolute atomic E-state index is 15.0. The zero-order chi connectivity index (χ0) is 17.2. The molecule has 1 N–H and O–H groups in total. The van der Waals surface area contributed by atoms with E-state index in [9.17, 15) is 9.90 Å². The van der Waals surface area contributed by atoms with E-state index in [0.29, 0.717) is 12.8 Å². The van der Waals surface area contributed by atoms with Crippen LogP contribution >= 0.6 is 0 Å². The lowest BCUT2D eigenvalue weighted by atomic mass is 9.64. The number of methoxy groups -OCH3 is 1. The van der Waals surface area contributed by atoms with Crippen molar-refractivity contribution in [2.75, 3.05) is 7.11 Å². The number of carbonyl (C=O) groups is 1. The van der Waals surface area contributed by atoms with Gasteiger partial charge in [-0.25, -0.2) is 4.39 Å².